The molecule has 0 aromatic rings. The van der Waals surface area contributed by atoms with Crippen molar-refractivity contribution in [3.8, 4) is 12.1 Å². The van der Waals surface area contributed by atoms with Gasteiger partial charge in [0.05, 0.1) is 30.8 Å². The van der Waals surface area contributed by atoms with Crippen LogP contribution in [-0.4, -0.2) is 98.8 Å². The van der Waals surface area contributed by atoms with Crippen LogP contribution in [0, 0.1) is 79.5 Å². The van der Waals surface area contributed by atoms with E-state index in [1.54, 1.807) is 22.0 Å². The van der Waals surface area contributed by atoms with Crippen LogP contribution in [0.5, 0.6) is 0 Å². The number of alkyl halides is 6. The number of ketones is 3. The highest BCUT2D eigenvalue weighted by Gasteiger charge is 2.55. The normalized spacial score (nSPS) is 32.0. The predicted molar refractivity (Wildman–Crippen MR) is 228 cm³/mol. The molecule has 16 heteroatoms. The number of likely N-dealkylation sites (tertiary alicyclic amines) is 2. The number of allylic oxidation sites excluding steroid dienone is 3. The zero-order valence-electron chi connectivity index (χ0n) is 37.8. The Morgan fingerprint density at radius 3 is 1.39 bits per heavy atom. The monoisotopic (exact) mass is 898 g/mol. The van der Waals surface area contributed by atoms with E-state index in [2.05, 4.69) is 17.1 Å². The first-order valence-electron chi connectivity index (χ1n) is 21.1. The molecule has 6 aliphatic rings. The third-order valence-corrected chi connectivity index (χ3v) is 14.1. The number of nitrogens with one attached hydrogen (secondary N) is 1. The summed E-state index contributed by atoms with van der Waals surface area (Å²) in [5.74, 6) is 0.308. The smallest absolute Gasteiger partial charge is 0.251 e. The van der Waals surface area contributed by atoms with Crippen LogP contribution in [0.25, 0.3) is 4.85 Å². The molecule has 9 nitrogen and oxygen atoms in total. The lowest BCUT2D eigenvalue weighted by Crippen LogP contribution is -2.56. The van der Waals surface area contributed by atoms with Gasteiger partial charge in [0, 0.05) is 53.1 Å². The van der Waals surface area contributed by atoms with Gasteiger partial charge in [-0.1, -0.05) is 87.5 Å². The molecule has 346 valence electrons. The van der Waals surface area contributed by atoms with Gasteiger partial charge in [-0.25, -0.2) is 31.2 Å². The van der Waals surface area contributed by atoms with E-state index in [0.717, 1.165) is 19.5 Å². The maximum absolute atomic E-state index is 12.6. The Labute approximate surface area is 370 Å². The molecule has 0 unspecified atom stereocenters. The standard InChI is InChI=1S/2C15H20F2N2O.C13H18N2O.C3H6F2.ClH/c2*1-14(2)11-4-5-19(8-12(16)17)9-15(11,3)6-10(7-18)13(14)20;1-12(2)10-5-6-15-8-13(10,3)7-9(14-4)11(12)16;1-2-3(4)5;/h2*6,11-12H,4-5,8-9H2,1-3H3;7,10,15H,5-6,8H2,1-3H3;3H,2H2,1H3;1H/t2*11-,15+;10-,13+;;/m100../s1. The molecule has 3 aliphatic heterocycles. The van der Waals surface area contributed by atoms with Crippen LogP contribution in [0.3, 0.4) is 0 Å². The van der Waals surface area contributed by atoms with Crippen molar-refractivity contribution in [2.24, 2.45) is 50.2 Å². The Balaban J connectivity index is 0.000000302. The predicted octanol–water partition coefficient (Wildman–Crippen LogP) is 9.37. The average Bonchev–Trinajstić information content (AvgIpc) is 3.16. The van der Waals surface area contributed by atoms with E-state index < -0.39 is 46.4 Å². The van der Waals surface area contributed by atoms with Crippen molar-refractivity contribution in [1.29, 1.82) is 10.5 Å². The zero-order chi connectivity index (χ0) is 46.5. The minimum atomic E-state index is -2.35. The molecular weight excluding hydrogens is 834 g/mol. The maximum atomic E-state index is 12.6. The van der Waals surface area contributed by atoms with Crippen LogP contribution in [0.1, 0.15) is 94.9 Å². The molecule has 3 heterocycles. The number of halogens is 7. The summed E-state index contributed by atoms with van der Waals surface area (Å²) in [5, 5.41) is 21.6. The van der Waals surface area contributed by atoms with Crippen molar-refractivity contribution in [2.75, 3.05) is 52.4 Å². The number of nitriles is 2. The summed E-state index contributed by atoms with van der Waals surface area (Å²) in [4.78, 5) is 43.7. The van der Waals surface area contributed by atoms with Crippen molar-refractivity contribution in [3.63, 3.8) is 0 Å². The Kier molecular flexibility index (Phi) is 18.5. The molecule has 0 amide bonds. The Hall–Kier alpha value is -3.55. The lowest BCUT2D eigenvalue weighted by molar-refractivity contribution is -0.133. The second-order valence-electron chi connectivity index (χ2n) is 19.9. The van der Waals surface area contributed by atoms with E-state index in [4.69, 9.17) is 17.1 Å². The molecule has 62 heavy (non-hydrogen) atoms. The van der Waals surface area contributed by atoms with Crippen LogP contribution in [-0.2, 0) is 14.4 Å². The van der Waals surface area contributed by atoms with Gasteiger partial charge in [-0.3, -0.25) is 19.4 Å². The number of carbonyl (C=O) groups is 3. The van der Waals surface area contributed by atoms with Gasteiger partial charge >= 0.3 is 0 Å². The molecule has 0 aromatic heterocycles. The number of fused-ring (bicyclic) bond motifs is 3. The lowest BCUT2D eigenvalue weighted by atomic mass is 9.55. The minimum absolute atomic E-state index is 0. The van der Waals surface area contributed by atoms with E-state index in [-0.39, 0.29) is 77.7 Å². The molecule has 0 spiro atoms. The van der Waals surface area contributed by atoms with Crippen LogP contribution in [0.15, 0.2) is 35.1 Å². The number of hydrogen-bond donors (Lipinski definition) is 1. The number of rotatable bonds is 5. The van der Waals surface area contributed by atoms with Gasteiger partial charge in [0.25, 0.3) is 12.9 Å². The Morgan fingerprint density at radius 2 is 1.05 bits per heavy atom. The molecule has 1 N–H and O–H groups in total. The van der Waals surface area contributed by atoms with Crippen LogP contribution < -0.4 is 5.32 Å². The molecule has 6 rings (SSSR count). The van der Waals surface area contributed by atoms with Gasteiger partial charge in [0.15, 0.2) is 17.3 Å². The third-order valence-electron chi connectivity index (χ3n) is 14.1. The van der Waals surface area contributed by atoms with Crippen LogP contribution in [0.4, 0.5) is 26.3 Å². The lowest BCUT2D eigenvalue weighted by Gasteiger charge is -2.53. The number of nitrogens with zero attached hydrogens (tertiary/aromatic N) is 5. The van der Waals surface area contributed by atoms with E-state index in [1.807, 2.05) is 73.6 Å². The first kappa shape index (κ1) is 54.6. The maximum Gasteiger partial charge on any atom is 0.251 e. The zero-order valence-corrected chi connectivity index (χ0v) is 38.6. The highest BCUT2D eigenvalue weighted by molar-refractivity contribution is 6.05. The topological polar surface area (TPSA) is 122 Å². The summed E-state index contributed by atoms with van der Waals surface area (Å²) < 4.78 is 71.8. The highest BCUT2D eigenvalue weighted by Crippen LogP contribution is 2.54. The molecule has 0 radical (unpaired) electrons. The van der Waals surface area contributed by atoms with Crippen LogP contribution in [0.2, 0.25) is 0 Å². The minimum Gasteiger partial charge on any atom is -0.316 e. The highest BCUT2D eigenvalue weighted by atomic mass is 35.5. The molecule has 0 bridgehead atoms. The quantitative estimate of drug-likeness (QED) is 0.214. The van der Waals surface area contributed by atoms with Gasteiger partial charge in [0.2, 0.25) is 12.1 Å². The first-order valence-corrected chi connectivity index (χ1v) is 21.1. The van der Waals surface area contributed by atoms with Crippen molar-refractivity contribution >= 4 is 29.8 Å². The number of piperidine rings is 3. The summed E-state index contributed by atoms with van der Waals surface area (Å²) in [7, 11) is 0. The van der Waals surface area contributed by atoms with Gasteiger partial charge in [-0.2, -0.15) is 10.5 Å². The van der Waals surface area contributed by atoms with Gasteiger partial charge < -0.3 is 10.1 Å². The third kappa shape index (κ3) is 11.8. The summed E-state index contributed by atoms with van der Waals surface area (Å²) in [6, 6.07) is 3.94. The average molecular weight is 900 g/mol. The fourth-order valence-corrected chi connectivity index (χ4v) is 11.3. The molecule has 3 aliphatic carbocycles. The summed E-state index contributed by atoms with van der Waals surface area (Å²) in [6.45, 7) is 29.6. The number of Topliss-reactive ketones (excluding diaryl/α,β-unsaturated/α-hetero) is 3. The molecule has 0 aromatic carbocycles. The fraction of sp³-hybridized carbons (Fsp3) is 0.739. The van der Waals surface area contributed by atoms with Crippen molar-refractivity contribution in [1.82, 2.24) is 15.1 Å². The van der Waals surface area contributed by atoms with Crippen molar-refractivity contribution in [3.05, 3.63) is 46.5 Å². The Bertz CT molecular complexity index is 1790. The molecule has 0 saturated carbocycles. The first-order chi connectivity index (χ1) is 28.1. The number of carbonyl (C=O) groups excluding carboxylic acids is 3. The molecule has 3 saturated heterocycles. The SMILES string of the molecule is CC1(C)C(=O)C(C#N)=C[C@@]2(C)CN(CC(F)F)CC[C@H]12.CC1(C)C(=O)C(C#N)=C[C@]2(C)CN(CC(F)F)CC[C@@H]12.CCC(F)F.Cl.[C-]#[N+]C1=C[C@]2(C)CNCC[C@H]2C(C)(C)C1=O. The summed E-state index contributed by atoms with van der Waals surface area (Å²) >= 11 is 0. The van der Waals surface area contributed by atoms with Gasteiger partial charge in [-0.15, -0.1) is 12.4 Å². The van der Waals surface area contributed by atoms with Gasteiger partial charge in [-0.05, 0) is 62.1 Å². The summed E-state index contributed by atoms with van der Waals surface area (Å²) in [6.07, 6.45) is 0.886. The van der Waals surface area contributed by atoms with E-state index in [9.17, 15) is 40.7 Å². The van der Waals surface area contributed by atoms with E-state index in [1.165, 1.54) is 6.92 Å². The Morgan fingerprint density at radius 1 is 0.677 bits per heavy atom. The van der Waals surface area contributed by atoms with E-state index in [0.29, 0.717) is 50.6 Å². The fourth-order valence-electron chi connectivity index (χ4n) is 11.3. The number of hydrogen-bond acceptors (Lipinski definition) is 8. The molecular formula is C46H65ClF6N6O3. The second kappa shape index (κ2) is 21.0. The van der Waals surface area contributed by atoms with Crippen LogP contribution >= 0.6 is 12.4 Å². The van der Waals surface area contributed by atoms with Gasteiger partial charge in [0.1, 0.15) is 12.1 Å². The van der Waals surface area contributed by atoms with Crippen molar-refractivity contribution in [2.45, 2.75) is 114 Å². The molecule has 6 atom stereocenters. The summed E-state index contributed by atoms with van der Waals surface area (Å²) in [5.41, 5.74) is -1.77. The largest absolute Gasteiger partial charge is 0.316 e. The van der Waals surface area contributed by atoms with Crippen molar-refractivity contribution < 1.29 is 40.7 Å². The second-order valence-corrected chi connectivity index (χ2v) is 19.9. The van der Waals surface area contributed by atoms with E-state index >= 15 is 0 Å². The molecule has 3 fully saturated rings.